The molecule has 0 aromatic heterocycles. The van der Waals surface area contributed by atoms with E-state index in [-0.39, 0.29) is 17.7 Å². The maximum atomic E-state index is 13.7. The van der Waals surface area contributed by atoms with E-state index in [1.165, 1.54) is 18.2 Å². The van der Waals surface area contributed by atoms with Crippen LogP contribution in [0.4, 0.5) is 8.78 Å². The van der Waals surface area contributed by atoms with E-state index < -0.39 is 0 Å². The van der Waals surface area contributed by atoms with Gasteiger partial charge < -0.3 is 5.73 Å². The van der Waals surface area contributed by atoms with Crippen LogP contribution in [0.5, 0.6) is 0 Å². The molecule has 2 rings (SSSR count). The Morgan fingerprint density at radius 1 is 1.15 bits per heavy atom. The summed E-state index contributed by atoms with van der Waals surface area (Å²) in [7, 11) is 0. The zero-order chi connectivity index (χ0) is 14.7. The molecule has 0 fully saturated rings. The van der Waals surface area contributed by atoms with Crippen molar-refractivity contribution in [3.8, 4) is 0 Å². The van der Waals surface area contributed by atoms with Gasteiger partial charge in [0.15, 0.2) is 0 Å². The van der Waals surface area contributed by atoms with Gasteiger partial charge in [0.05, 0.1) is 0 Å². The number of nitrogens with two attached hydrogens (primary N) is 1. The van der Waals surface area contributed by atoms with Gasteiger partial charge in [-0.2, -0.15) is 0 Å². The molecule has 0 bridgehead atoms. The fraction of sp³-hybridized carbons (Fsp3) is 0.250. The molecule has 2 aromatic rings. The summed E-state index contributed by atoms with van der Waals surface area (Å²) < 4.78 is 26.7. The largest absolute Gasteiger partial charge is 0.327 e. The molecule has 0 spiro atoms. The normalized spacial score (nSPS) is 12.4. The van der Waals surface area contributed by atoms with Crippen LogP contribution in [0.15, 0.2) is 36.4 Å². The van der Waals surface area contributed by atoms with E-state index in [9.17, 15) is 8.78 Å². The molecule has 0 radical (unpaired) electrons. The molecule has 1 nitrogen and oxygen atoms in total. The van der Waals surface area contributed by atoms with E-state index in [0.717, 1.165) is 11.1 Å². The standard InChI is InChI=1S/C16H16ClF2N/c1-10-7-12(18)6-5-11(10)8-13(20)9-14-15(17)3-2-4-16(14)19/h2-7,13H,8-9,20H2,1H3. The van der Waals surface area contributed by atoms with Crippen molar-refractivity contribution in [1.82, 2.24) is 0 Å². The van der Waals surface area contributed by atoms with Crippen molar-refractivity contribution in [1.29, 1.82) is 0 Å². The maximum absolute atomic E-state index is 13.7. The molecule has 20 heavy (non-hydrogen) atoms. The van der Waals surface area contributed by atoms with Crippen LogP contribution >= 0.6 is 11.6 Å². The summed E-state index contributed by atoms with van der Waals surface area (Å²) in [5.41, 5.74) is 8.31. The summed E-state index contributed by atoms with van der Waals surface area (Å²) in [5.74, 6) is -0.610. The minimum absolute atomic E-state index is 0.267. The molecule has 1 unspecified atom stereocenters. The summed E-state index contributed by atoms with van der Waals surface area (Å²) >= 11 is 5.98. The summed E-state index contributed by atoms with van der Waals surface area (Å²) in [6.07, 6.45) is 0.902. The highest BCUT2D eigenvalue weighted by Crippen LogP contribution is 2.21. The third kappa shape index (κ3) is 3.56. The lowest BCUT2D eigenvalue weighted by atomic mass is 9.96. The Kier molecular flexibility index (Phi) is 4.73. The van der Waals surface area contributed by atoms with Gasteiger partial charge in [-0.05, 0) is 55.2 Å². The molecule has 0 aliphatic carbocycles. The summed E-state index contributed by atoms with van der Waals surface area (Å²) in [6, 6.07) is 8.91. The highest BCUT2D eigenvalue weighted by Gasteiger charge is 2.13. The predicted molar refractivity (Wildman–Crippen MR) is 77.9 cm³/mol. The Bertz CT molecular complexity index is 593. The van der Waals surface area contributed by atoms with Gasteiger partial charge in [-0.3, -0.25) is 0 Å². The molecule has 0 aliphatic rings. The first kappa shape index (κ1) is 14.9. The van der Waals surface area contributed by atoms with Crippen molar-refractivity contribution < 1.29 is 8.78 Å². The van der Waals surface area contributed by atoms with Crippen LogP contribution in [0.25, 0.3) is 0 Å². The molecule has 0 saturated carbocycles. The van der Waals surface area contributed by atoms with E-state index in [0.29, 0.717) is 23.4 Å². The number of hydrogen-bond acceptors (Lipinski definition) is 1. The lowest BCUT2D eigenvalue weighted by Gasteiger charge is -2.15. The fourth-order valence-electron chi connectivity index (χ4n) is 2.23. The van der Waals surface area contributed by atoms with Crippen LogP contribution in [-0.4, -0.2) is 6.04 Å². The summed E-state index contributed by atoms with van der Waals surface area (Å²) in [4.78, 5) is 0. The quantitative estimate of drug-likeness (QED) is 0.905. The molecule has 106 valence electrons. The van der Waals surface area contributed by atoms with Gasteiger partial charge in [-0.1, -0.05) is 23.7 Å². The molecule has 0 amide bonds. The van der Waals surface area contributed by atoms with E-state index in [1.807, 2.05) is 6.92 Å². The Morgan fingerprint density at radius 2 is 1.90 bits per heavy atom. The molecular weight excluding hydrogens is 280 g/mol. The van der Waals surface area contributed by atoms with Crippen LogP contribution < -0.4 is 5.73 Å². The maximum Gasteiger partial charge on any atom is 0.127 e. The number of halogens is 3. The van der Waals surface area contributed by atoms with E-state index in [4.69, 9.17) is 17.3 Å². The van der Waals surface area contributed by atoms with Crippen molar-refractivity contribution in [2.75, 3.05) is 0 Å². The number of aryl methyl sites for hydroxylation is 1. The Labute approximate surface area is 122 Å². The monoisotopic (exact) mass is 295 g/mol. The van der Waals surface area contributed by atoms with Crippen LogP contribution in [0, 0.1) is 18.6 Å². The zero-order valence-electron chi connectivity index (χ0n) is 11.2. The molecule has 0 heterocycles. The van der Waals surface area contributed by atoms with Gasteiger partial charge in [0.2, 0.25) is 0 Å². The number of rotatable bonds is 4. The van der Waals surface area contributed by atoms with Gasteiger partial charge in [-0.15, -0.1) is 0 Å². The molecule has 0 aliphatic heterocycles. The minimum atomic E-state index is -0.344. The Hall–Kier alpha value is -1.45. The van der Waals surface area contributed by atoms with E-state index in [1.54, 1.807) is 18.2 Å². The van der Waals surface area contributed by atoms with E-state index >= 15 is 0 Å². The Balaban J connectivity index is 2.11. The number of benzene rings is 2. The van der Waals surface area contributed by atoms with Crippen LogP contribution in [0.2, 0.25) is 5.02 Å². The van der Waals surface area contributed by atoms with Gasteiger partial charge in [0, 0.05) is 16.6 Å². The second-order valence-corrected chi connectivity index (χ2v) is 5.35. The topological polar surface area (TPSA) is 26.0 Å². The lowest BCUT2D eigenvalue weighted by Crippen LogP contribution is -2.26. The predicted octanol–water partition coefficient (Wildman–Crippen LogP) is 4.04. The van der Waals surface area contributed by atoms with Crippen molar-refractivity contribution in [3.63, 3.8) is 0 Å². The first-order valence-corrected chi connectivity index (χ1v) is 6.78. The molecule has 4 heteroatoms. The SMILES string of the molecule is Cc1cc(F)ccc1CC(N)Cc1c(F)cccc1Cl. The summed E-state index contributed by atoms with van der Waals surface area (Å²) in [5, 5.41) is 0.385. The minimum Gasteiger partial charge on any atom is -0.327 e. The Morgan fingerprint density at radius 3 is 2.55 bits per heavy atom. The van der Waals surface area contributed by atoms with Gasteiger partial charge in [0.25, 0.3) is 0 Å². The van der Waals surface area contributed by atoms with Crippen molar-refractivity contribution in [2.45, 2.75) is 25.8 Å². The molecule has 1 atom stereocenters. The second-order valence-electron chi connectivity index (χ2n) is 4.94. The van der Waals surface area contributed by atoms with Gasteiger partial charge in [0.1, 0.15) is 11.6 Å². The average molecular weight is 296 g/mol. The second kappa shape index (κ2) is 6.33. The van der Waals surface area contributed by atoms with Crippen LogP contribution in [-0.2, 0) is 12.8 Å². The van der Waals surface area contributed by atoms with Crippen molar-refractivity contribution >= 4 is 11.6 Å². The summed E-state index contributed by atoms with van der Waals surface area (Å²) in [6.45, 7) is 1.83. The van der Waals surface area contributed by atoms with Crippen molar-refractivity contribution in [2.24, 2.45) is 5.73 Å². The lowest BCUT2D eigenvalue weighted by molar-refractivity contribution is 0.582. The van der Waals surface area contributed by atoms with Gasteiger partial charge in [-0.25, -0.2) is 8.78 Å². The van der Waals surface area contributed by atoms with Crippen molar-refractivity contribution in [3.05, 3.63) is 69.7 Å². The molecule has 2 N–H and O–H groups in total. The van der Waals surface area contributed by atoms with Crippen LogP contribution in [0.3, 0.4) is 0 Å². The highest BCUT2D eigenvalue weighted by molar-refractivity contribution is 6.31. The number of hydrogen-bond donors (Lipinski definition) is 1. The third-order valence-corrected chi connectivity index (χ3v) is 3.67. The molecular formula is C16H16ClF2N. The third-order valence-electron chi connectivity index (χ3n) is 3.31. The average Bonchev–Trinajstić information content (AvgIpc) is 2.37. The molecule has 0 saturated heterocycles. The van der Waals surface area contributed by atoms with Gasteiger partial charge >= 0.3 is 0 Å². The molecule has 2 aromatic carbocycles. The van der Waals surface area contributed by atoms with Crippen LogP contribution in [0.1, 0.15) is 16.7 Å². The van der Waals surface area contributed by atoms with E-state index in [2.05, 4.69) is 0 Å². The zero-order valence-corrected chi connectivity index (χ0v) is 11.9. The highest BCUT2D eigenvalue weighted by atomic mass is 35.5. The fourth-order valence-corrected chi connectivity index (χ4v) is 2.47. The first-order chi connectivity index (χ1) is 9.47. The first-order valence-electron chi connectivity index (χ1n) is 6.41. The smallest absolute Gasteiger partial charge is 0.127 e.